The first-order valence-electron chi connectivity index (χ1n) is 7.43. The van der Waals surface area contributed by atoms with Crippen molar-refractivity contribution in [1.82, 2.24) is 14.1 Å². The molecule has 2 rings (SSSR count). The number of anilines is 1. The van der Waals surface area contributed by atoms with Gasteiger partial charge in [0.05, 0.1) is 0 Å². The zero-order valence-electron chi connectivity index (χ0n) is 12.3. The number of hydrogen-bond donors (Lipinski definition) is 1. The van der Waals surface area contributed by atoms with Gasteiger partial charge >= 0.3 is 0 Å². The number of nitrogens with zero attached hydrogens (tertiary/aromatic N) is 3. The fourth-order valence-electron chi connectivity index (χ4n) is 2.21. The van der Waals surface area contributed by atoms with E-state index in [9.17, 15) is 4.55 Å². The topological polar surface area (TPSA) is 64.1 Å². The summed E-state index contributed by atoms with van der Waals surface area (Å²) in [6.45, 7) is 6.22. The third kappa shape index (κ3) is 4.58. The fourth-order valence-corrected chi connectivity index (χ4v) is 4.13. The molecule has 5 nitrogen and oxygen atoms in total. The molecule has 2 atom stereocenters. The van der Waals surface area contributed by atoms with Crippen molar-refractivity contribution in [3.63, 3.8) is 0 Å². The number of aromatic nitrogens is 2. The van der Waals surface area contributed by atoms with E-state index in [1.165, 1.54) is 30.8 Å². The Hall–Kier alpha value is -0.370. The lowest BCUT2D eigenvalue weighted by Crippen LogP contribution is -2.31. The Kier molecular flexibility index (Phi) is 6.54. The zero-order valence-corrected chi connectivity index (χ0v) is 13.9. The lowest BCUT2D eigenvalue weighted by molar-refractivity contribution is 0.559. The van der Waals surface area contributed by atoms with Gasteiger partial charge in [-0.2, -0.15) is 4.37 Å². The summed E-state index contributed by atoms with van der Waals surface area (Å²) in [5, 5.41) is 0.926. The number of nitrogens with one attached hydrogen (secondary N) is 1. The molecule has 114 valence electrons. The monoisotopic (exact) mass is 316 g/mol. The van der Waals surface area contributed by atoms with Gasteiger partial charge in [0.1, 0.15) is 16.8 Å². The van der Waals surface area contributed by atoms with E-state index in [0.717, 1.165) is 36.9 Å². The van der Waals surface area contributed by atoms with E-state index in [2.05, 4.69) is 25.9 Å². The predicted molar refractivity (Wildman–Crippen MR) is 85.4 cm³/mol. The maximum Gasteiger partial charge on any atom is 0.237 e. The van der Waals surface area contributed by atoms with Crippen LogP contribution < -0.4 is 9.62 Å². The van der Waals surface area contributed by atoms with E-state index in [1.807, 2.05) is 6.92 Å². The minimum absolute atomic E-state index is 0.00345. The van der Waals surface area contributed by atoms with E-state index in [-0.39, 0.29) is 6.04 Å². The highest BCUT2D eigenvalue weighted by Crippen LogP contribution is 2.22. The standard InChI is InChI=1S/C13H24N4OS2/c1-3-4-10-20(18)16-11(2)12-14-13(15-19-12)17-8-6-5-7-9-17/h11,16H,3-10H2,1-2H3/t11-,20-/m0/s1. The first-order valence-corrected chi connectivity index (χ1v) is 9.53. The van der Waals surface area contributed by atoms with Gasteiger partial charge in [0.15, 0.2) is 0 Å². The average molecular weight is 316 g/mol. The van der Waals surface area contributed by atoms with E-state index < -0.39 is 11.4 Å². The molecule has 1 aromatic rings. The zero-order chi connectivity index (χ0) is 14.4. The summed E-state index contributed by atoms with van der Waals surface area (Å²) in [6, 6.07) is 0.00345. The molecule has 0 aliphatic carbocycles. The lowest BCUT2D eigenvalue weighted by Gasteiger charge is -2.25. The Balaban J connectivity index is 1.87. The van der Waals surface area contributed by atoms with E-state index in [0.29, 0.717) is 5.75 Å². The van der Waals surface area contributed by atoms with Gasteiger partial charge in [-0.25, -0.2) is 4.98 Å². The molecule has 20 heavy (non-hydrogen) atoms. The van der Waals surface area contributed by atoms with Crippen molar-refractivity contribution in [2.75, 3.05) is 23.7 Å². The molecule has 0 radical (unpaired) electrons. The van der Waals surface area contributed by atoms with Crippen LogP contribution in [0.3, 0.4) is 0 Å². The Morgan fingerprint density at radius 2 is 2.15 bits per heavy atom. The molecule has 7 heteroatoms. The van der Waals surface area contributed by atoms with Crippen LogP contribution in [0.25, 0.3) is 0 Å². The SMILES string of the molecule is CCCC[S@+]([O-])N[C@@H](C)c1nc(N2CCCCC2)ns1. The summed E-state index contributed by atoms with van der Waals surface area (Å²) in [5.41, 5.74) is 0. The lowest BCUT2D eigenvalue weighted by atomic mass is 10.1. The van der Waals surface area contributed by atoms with Gasteiger partial charge in [-0.3, -0.25) is 0 Å². The molecule has 1 fully saturated rings. The molecule has 1 aromatic heterocycles. The molecule has 0 aromatic carbocycles. The summed E-state index contributed by atoms with van der Waals surface area (Å²) in [7, 11) is 0. The van der Waals surface area contributed by atoms with Crippen LogP contribution in [0.2, 0.25) is 0 Å². The van der Waals surface area contributed by atoms with Gasteiger partial charge in [0.25, 0.3) is 0 Å². The fraction of sp³-hybridized carbons (Fsp3) is 0.846. The van der Waals surface area contributed by atoms with Crippen molar-refractivity contribution in [1.29, 1.82) is 0 Å². The van der Waals surface area contributed by atoms with Crippen LogP contribution in [0.5, 0.6) is 0 Å². The number of rotatable bonds is 7. The molecule has 2 heterocycles. The van der Waals surface area contributed by atoms with Gasteiger partial charge in [-0.05, 0) is 44.1 Å². The Morgan fingerprint density at radius 1 is 1.40 bits per heavy atom. The highest BCUT2D eigenvalue weighted by atomic mass is 32.2. The van der Waals surface area contributed by atoms with E-state index in [4.69, 9.17) is 0 Å². The maximum atomic E-state index is 11.8. The molecule has 1 N–H and O–H groups in total. The second-order valence-corrected chi connectivity index (χ2v) is 7.34. The number of unbranched alkanes of at least 4 members (excludes halogenated alkanes) is 1. The molecule has 0 bridgehead atoms. The van der Waals surface area contributed by atoms with Crippen LogP contribution in [-0.4, -0.2) is 32.8 Å². The molecule has 0 unspecified atom stereocenters. The first kappa shape index (κ1) is 16.0. The quantitative estimate of drug-likeness (QED) is 0.784. The van der Waals surface area contributed by atoms with Gasteiger partial charge in [-0.15, -0.1) is 4.72 Å². The van der Waals surface area contributed by atoms with Gasteiger partial charge in [-0.1, -0.05) is 13.3 Å². The molecule has 0 spiro atoms. The van der Waals surface area contributed by atoms with Crippen LogP contribution >= 0.6 is 11.5 Å². The third-order valence-corrected chi connectivity index (χ3v) is 5.59. The van der Waals surface area contributed by atoms with Gasteiger partial charge < -0.3 is 9.45 Å². The second-order valence-electron chi connectivity index (χ2n) is 5.22. The van der Waals surface area contributed by atoms with Crippen LogP contribution in [0.1, 0.15) is 57.0 Å². The normalized spacial score (nSPS) is 19.1. The predicted octanol–water partition coefficient (Wildman–Crippen LogP) is 2.64. The molecule has 1 saturated heterocycles. The second kappa shape index (κ2) is 8.17. The number of hydrogen-bond acceptors (Lipinski definition) is 6. The van der Waals surface area contributed by atoms with Crippen molar-refractivity contribution < 1.29 is 4.55 Å². The van der Waals surface area contributed by atoms with Crippen molar-refractivity contribution in [3.05, 3.63) is 5.01 Å². The third-order valence-electron chi connectivity index (χ3n) is 3.43. The first-order chi connectivity index (χ1) is 9.70. The largest absolute Gasteiger partial charge is 0.598 e. The summed E-state index contributed by atoms with van der Waals surface area (Å²) in [5.74, 6) is 1.55. The summed E-state index contributed by atoms with van der Waals surface area (Å²) >= 11 is 0.447. The molecular formula is C13H24N4OS2. The smallest absolute Gasteiger partial charge is 0.237 e. The van der Waals surface area contributed by atoms with E-state index >= 15 is 0 Å². The summed E-state index contributed by atoms with van der Waals surface area (Å²) < 4.78 is 19.4. The van der Waals surface area contributed by atoms with Crippen molar-refractivity contribution in [3.8, 4) is 0 Å². The van der Waals surface area contributed by atoms with Crippen molar-refractivity contribution >= 4 is 28.8 Å². The molecule has 0 amide bonds. The molecule has 1 aliphatic rings. The summed E-state index contributed by atoms with van der Waals surface area (Å²) in [4.78, 5) is 6.86. The van der Waals surface area contributed by atoms with E-state index in [1.54, 1.807) is 0 Å². The number of piperidine rings is 1. The van der Waals surface area contributed by atoms with Crippen LogP contribution in [0, 0.1) is 0 Å². The van der Waals surface area contributed by atoms with Crippen molar-refractivity contribution in [2.24, 2.45) is 0 Å². The molecule has 0 saturated carbocycles. The van der Waals surface area contributed by atoms with Crippen LogP contribution in [0.15, 0.2) is 0 Å². The molecule has 1 aliphatic heterocycles. The minimum atomic E-state index is -0.971. The van der Waals surface area contributed by atoms with Gasteiger partial charge in [0, 0.05) is 24.5 Å². The highest BCUT2D eigenvalue weighted by molar-refractivity contribution is 7.89. The van der Waals surface area contributed by atoms with Gasteiger partial charge in [0.2, 0.25) is 5.95 Å². The Morgan fingerprint density at radius 3 is 2.85 bits per heavy atom. The van der Waals surface area contributed by atoms with Crippen molar-refractivity contribution in [2.45, 2.75) is 52.0 Å². The average Bonchev–Trinajstić information content (AvgIpc) is 2.96. The van der Waals surface area contributed by atoms with Crippen LogP contribution in [-0.2, 0) is 11.4 Å². The van der Waals surface area contributed by atoms with Crippen LogP contribution in [0.4, 0.5) is 5.95 Å². The summed E-state index contributed by atoms with van der Waals surface area (Å²) in [6.07, 6.45) is 5.82. The molecular weight excluding hydrogens is 292 g/mol. The highest BCUT2D eigenvalue weighted by Gasteiger charge is 2.20. The maximum absolute atomic E-state index is 11.8. The minimum Gasteiger partial charge on any atom is -0.598 e. The Labute approximate surface area is 128 Å². The Bertz CT molecular complexity index is 395.